The summed E-state index contributed by atoms with van der Waals surface area (Å²) in [6, 6.07) is 35.1. The number of anilines is 1. The van der Waals surface area contributed by atoms with Crippen molar-refractivity contribution in [2.24, 2.45) is 0 Å². The minimum Gasteiger partial charge on any atom is -0.334 e. The molecule has 1 atom stereocenters. The van der Waals surface area contributed by atoms with E-state index in [4.69, 9.17) is 23.2 Å². The van der Waals surface area contributed by atoms with Crippen LogP contribution in [-0.4, -0.2) is 5.78 Å². The quantitative estimate of drug-likeness (QED) is 0.258. The number of carbonyl (C=O) groups is 1. The number of allylic oxidation sites excluding steroid dienone is 2. The molecule has 1 heterocycles. The van der Waals surface area contributed by atoms with Crippen LogP contribution in [0.15, 0.2) is 127 Å². The van der Waals surface area contributed by atoms with Crippen molar-refractivity contribution < 1.29 is 4.79 Å². The van der Waals surface area contributed by atoms with Gasteiger partial charge in [0.1, 0.15) is 0 Å². The van der Waals surface area contributed by atoms with Crippen molar-refractivity contribution in [3.63, 3.8) is 0 Å². The molecule has 5 rings (SSSR count). The van der Waals surface area contributed by atoms with Crippen LogP contribution in [0.4, 0.5) is 5.69 Å². The molecular weight excluding hydrogens is 473 g/mol. The summed E-state index contributed by atoms with van der Waals surface area (Å²) < 4.78 is 0. The van der Waals surface area contributed by atoms with Gasteiger partial charge in [-0.25, -0.2) is 0 Å². The van der Waals surface area contributed by atoms with Gasteiger partial charge in [0.05, 0.1) is 5.54 Å². The highest BCUT2D eigenvalue weighted by Crippen LogP contribution is 2.43. The van der Waals surface area contributed by atoms with E-state index in [1.54, 1.807) is 24.3 Å². The summed E-state index contributed by atoms with van der Waals surface area (Å²) in [5.74, 6) is -0.0640. The molecule has 1 unspecified atom stereocenters. The lowest BCUT2D eigenvalue weighted by atomic mass is 9.80. The van der Waals surface area contributed by atoms with Gasteiger partial charge < -0.3 is 4.90 Å². The lowest BCUT2D eigenvalue weighted by Crippen LogP contribution is -2.42. The van der Waals surface area contributed by atoms with Crippen molar-refractivity contribution in [3.8, 4) is 0 Å². The van der Waals surface area contributed by atoms with Gasteiger partial charge in [0, 0.05) is 33.1 Å². The van der Waals surface area contributed by atoms with E-state index in [-0.39, 0.29) is 5.78 Å². The third kappa shape index (κ3) is 4.55. The van der Waals surface area contributed by atoms with Crippen LogP contribution in [0.3, 0.4) is 0 Å². The maximum atomic E-state index is 13.9. The number of hydrogen-bond acceptors (Lipinski definition) is 2. The van der Waals surface area contributed by atoms with Crippen molar-refractivity contribution in [2.75, 3.05) is 4.90 Å². The van der Waals surface area contributed by atoms with Gasteiger partial charge in [-0.15, -0.1) is 0 Å². The molecule has 0 saturated carbocycles. The Balaban J connectivity index is 1.74. The number of Topliss-reactive ketones (excluding diaryl/α,β-unsaturated/α-hetero) is 1. The fraction of sp³-hybridized carbons (Fsp3) is 0.0645. The molecule has 0 aromatic heterocycles. The second-order valence-electron chi connectivity index (χ2n) is 8.66. The zero-order valence-corrected chi connectivity index (χ0v) is 20.7. The Morgan fingerprint density at radius 3 is 1.86 bits per heavy atom. The molecule has 0 aliphatic carbocycles. The van der Waals surface area contributed by atoms with E-state index < -0.39 is 5.54 Å². The summed E-state index contributed by atoms with van der Waals surface area (Å²) in [5.41, 5.74) is 4.57. The first kappa shape index (κ1) is 23.2. The van der Waals surface area contributed by atoms with Gasteiger partial charge in [-0.3, -0.25) is 4.79 Å². The fourth-order valence-corrected chi connectivity index (χ4v) is 4.75. The van der Waals surface area contributed by atoms with E-state index in [0.717, 1.165) is 22.4 Å². The number of rotatable bonds is 5. The molecule has 1 aliphatic heterocycles. The molecule has 0 amide bonds. The molecule has 172 valence electrons. The van der Waals surface area contributed by atoms with Gasteiger partial charge in [0.15, 0.2) is 5.78 Å². The monoisotopic (exact) mass is 495 g/mol. The van der Waals surface area contributed by atoms with E-state index in [2.05, 4.69) is 30.0 Å². The molecule has 4 heteroatoms. The van der Waals surface area contributed by atoms with Crippen LogP contribution < -0.4 is 4.90 Å². The molecule has 2 nitrogen and oxygen atoms in total. The summed E-state index contributed by atoms with van der Waals surface area (Å²) in [6.07, 6.45) is 4.16. The molecule has 0 bridgehead atoms. The Morgan fingerprint density at radius 2 is 1.26 bits per heavy atom. The smallest absolute Gasteiger partial charge is 0.195 e. The van der Waals surface area contributed by atoms with E-state index in [0.29, 0.717) is 21.2 Å². The molecule has 1 aliphatic rings. The van der Waals surface area contributed by atoms with Crippen molar-refractivity contribution in [1.29, 1.82) is 0 Å². The second-order valence-corrected chi connectivity index (χ2v) is 9.54. The van der Waals surface area contributed by atoms with Crippen LogP contribution in [0.2, 0.25) is 10.0 Å². The largest absolute Gasteiger partial charge is 0.334 e. The van der Waals surface area contributed by atoms with Gasteiger partial charge in [-0.2, -0.15) is 0 Å². The molecule has 0 saturated heterocycles. The Labute approximate surface area is 215 Å². The zero-order valence-electron chi connectivity index (χ0n) is 19.2. The summed E-state index contributed by atoms with van der Waals surface area (Å²) in [6.45, 7) is 2.17. The Hall–Kier alpha value is -3.59. The summed E-state index contributed by atoms with van der Waals surface area (Å²) in [5, 5.41) is 1.26. The van der Waals surface area contributed by atoms with Gasteiger partial charge >= 0.3 is 0 Å². The summed E-state index contributed by atoms with van der Waals surface area (Å²) in [7, 11) is 0. The summed E-state index contributed by atoms with van der Waals surface area (Å²) in [4.78, 5) is 16.0. The van der Waals surface area contributed by atoms with Crippen molar-refractivity contribution >= 4 is 40.2 Å². The molecule has 0 spiro atoms. The predicted octanol–water partition coefficient (Wildman–Crippen LogP) is 8.58. The number of halogens is 2. The van der Waals surface area contributed by atoms with E-state index in [1.165, 1.54) is 0 Å². The zero-order chi connectivity index (χ0) is 24.4. The van der Waals surface area contributed by atoms with Crippen LogP contribution in [0.25, 0.3) is 5.57 Å². The lowest BCUT2D eigenvalue weighted by Gasteiger charge is -2.43. The molecular formula is C31H23Cl2NO. The van der Waals surface area contributed by atoms with E-state index in [1.807, 2.05) is 79.0 Å². The van der Waals surface area contributed by atoms with Crippen molar-refractivity contribution in [3.05, 3.63) is 154 Å². The molecule has 0 radical (unpaired) electrons. The third-order valence-electron chi connectivity index (χ3n) is 6.37. The SMILES string of the molecule is CC1(c2ccccc2)C=C(c2ccccc2)C(C(=O)c2ccc(Cl)cc2)=CN1c1ccc(Cl)cc1. The number of hydrogen-bond donors (Lipinski definition) is 0. The first-order valence-electron chi connectivity index (χ1n) is 11.4. The molecule has 0 N–H and O–H groups in total. The highest BCUT2D eigenvalue weighted by atomic mass is 35.5. The molecule has 0 fully saturated rings. The standard InChI is InChI=1S/C31H23Cl2NO/c1-31(24-10-6-3-7-11-24)20-28(22-8-4-2-5-9-22)29(30(35)23-12-14-25(32)15-13-23)21-34(31)27-18-16-26(33)17-19-27/h2-21H,1H3. The maximum Gasteiger partial charge on any atom is 0.195 e. The normalized spacial score (nSPS) is 17.5. The fourth-order valence-electron chi connectivity index (χ4n) is 4.50. The summed E-state index contributed by atoms with van der Waals surface area (Å²) >= 11 is 12.3. The Kier molecular flexibility index (Phi) is 6.34. The lowest BCUT2D eigenvalue weighted by molar-refractivity contribution is 0.103. The Morgan fingerprint density at radius 1 is 0.714 bits per heavy atom. The van der Waals surface area contributed by atoms with Gasteiger partial charge in [-0.1, -0.05) is 83.9 Å². The maximum absolute atomic E-state index is 13.9. The first-order chi connectivity index (χ1) is 17.0. The van der Waals surface area contributed by atoms with E-state index >= 15 is 0 Å². The average Bonchev–Trinajstić information content (AvgIpc) is 2.90. The average molecular weight is 496 g/mol. The second kappa shape index (κ2) is 9.58. The number of carbonyl (C=O) groups excluding carboxylic acids is 1. The van der Waals surface area contributed by atoms with Crippen molar-refractivity contribution in [1.82, 2.24) is 0 Å². The highest BCUT2D eigenvalue weighted by Gasteiger charge is 2.37. The Bertz CT molecular complexity index is 1410. The van der Waals surface area contributed by atoms with Crippen LogP contribution in [0.5, 0.6) is 0 Å². The number of benzene rings is 4. The minimum absolute atomic E-state index is 0.0640. The molecule has 4 aromatic carbocycles. The van der Waals surface area contributed by atoms with Crippen molar-refractivity contribution in [2.45, 2.75) is 12.5 Å². The third-order valence-corrected chi connectivity index (χ3v) is 6.88. The van der Waals surface area contributed by atoms with Gasteiger partial charge in [0.25, 0.3) is 0 Å². The number of ketones is 1. The van der Waals surface area contributed by atoms with Crippen LogP contribution >= 0.6 is 23.2 Å². The molecule has 4 aromatic rings. The highest BCUT2D eigenvalue weighted by molar-refractivity contribution is 6.31. The minimum atomic E-state index is -0.552. The van der Waals surface area contributed by atoms with Gasteiger partial charge in [0.2, 0.25) is 0 Å². The van der Waals surface area contributed by atoms with Crippen LogP contribution in [0, 0.1) is 0 Å². The predicted molar refractivity (Wildman–Crippen MR) is 146 cm³/mol. The van der Waals surface area contributed by atoms with Crippen LogP contribution in [-0.2, 0) is 5.54 Å². The topological polar surface area (TPSA) is 20.3 Å². The van der Waals surface area contributed by atoms with Gasteiger partial charge in [-0.05, 0) is 78.2 Å². The first-order valence-corrected chi connectivity index (χ1v) is 12.1. The van der Waals surface area contributed by atoms with E-state index in [9.17, 15) is 4.79 Å². The number of nitrogens with zero attached hydrogens (tertiary/aromatic N) is 1. The molecule has 35 heavy (non-hydrogen) atoms. The van der Waals surface area contributed by atoms with Crippen LogP contribution in [0.1, 0.15) is 28.4 Å².